The van der Waals surface area contributed by atoms with Crippen molar-refractivity contribution >= 4 is 11.6 Å². The van der Waals surface area contributed by atoms with Crippen molar-refractivity contribution < 1.29 is 23.1 Å². The lowest BCUT2D eigenvalue weighted by Crippen LogP contribution is -2.25. The first-order valence-electron chi connectivity index (χ1n) is 5.71. The monoisotopic (exact) mass is 288 g/mol. The molecule has 0 spiro atoms. The van der Waals surface area contributed by atoms with E-state index < -0.39 is 12.1 Å². The molecule has 6 nitrogen and oxygen atoms in total. The molecule has 0 fully saturated rings. The van der Waals surface area contributed by atoms with Crippen LogP contribution in [0.25, 0.3) is 5.65 Å². The number of rotatable bonds is 0. The lowest BCUT2D eigenvalue weighted by molar-refractivity contribution is -0.192. The molecule has 0 aromatic carbocycles. The molecule has 3 rings (SSSR count). The van der Waals surface area contributed by atoms with Crippen LogP contribution in [0.3, 0.4) is 0 Å². The van der Waals surface area contributed by atoms with Crippen molar-refractivity contribution in [2.45, 2.75) is 19.1 Å². The Bertz CT molecular complexity index is 584. The number of carbonyl (C=O) groups is 1. The fraction of sp³-hybridized carbons (Fsp3) is 0.364. The minimum Gasteiger partial charge on any atom is -0.475 e. The number of carboxylic acid groups (broad SMARTS) is 1. The van der Waals surface area contributed by atoms with E-state index in [9.17, 15) is 13.2 Å². The molecule has 0 bridgehead atoms. The molecule has 0 aliphatic carbocycles. The van der Waals surface area contributed by atoms with E-state index in [0.29, 0.717) is 0 Å². The Morgan fingerprint density at radius 1 is 1.45 bits per heavy atom. The van der Waals surface area contributed by atoms with Crippen LogP contribution >= 0.6 is 0 Å². The lowest BCUT2D eigenvalue weighted by Gasteiger charge is -2.15. The summed E-state index contributed by atoms with van der Waals surface area (Å²) in [6, 6.07) is 1.93. The first kappa shape index (κ1) is 14.3. The van der Waals surface area contributed by atoms with Crippen LogP contribution in [-0.2, 0) is 17.8 Å². The second kappa shape index (κ2) is 5.45. The van der Waals surface area contributed by atoms with Crippen molar-refractivity contribution in [3.63, 3.8) is 0 Å². The number of hydrogen-bond acceptors (Lipinski definition) is 4. The summed E-state index contributed by atoms with van der Waals surface area (Å²) in [6.45, 7) is 1.93. The Balaban J connectivity index is 0.000000182. The van der Waals surface area contributed by atoms with Gasteiger partial charge in [-0.2, -0.15) is 18.3 Å². The molecule has 0 radical (unpaired) electrons. The highest BCUT2D eigenvalue weighted by atomic mass is 19.4. The normalized spacial score (nSPS) is 14.3. The fourth-order valence-electron chi connectivity index (χ4n) is 1.72. The molecule has 2 aromatic heterocycles. The van der Waals surface area contributed by atoms with E-state index >= 15 is 0 Å². The molecule has 1 aliphatic heterocycles. The number of hydrogen-bond donors (Lipinski definition) is 2. The van der Waals surface area contributed by atoms with Crippen molar-refractivity contribution in [1.29, 1.82) is 0 Å². The molecule has 108 valence electrons. The van der Waals surface area contributed by atoms with Crippen molar-refractivity contribution in [1.82, 2.24) is 19.9 Å². The van der Waals surface area contributed by atoms with Crippen LogP contribution in [0.1, 0.15) is 11.3 Å². The molecule has 1 aliphatic rings. The van der Waals surface area contributed by atoms with Gasteiger partial charge in [0.2, 0.25) is 0 Å². The van der Waals surface area contributed by atoms with Gasteiger partial charge in [0.1, 0.15) is 0 Å². The highest BCUT2D eigenvalue weighted by molar-refractivity contribution is 5.73. The van der Waals surface area contributed by atoms with Crippen LogP contribution in [0.2, 0.25) is 0 Å². The molecule has 20 heavy (non-hydrogen) atoms. The topological polar surface area (TPSA) is 79.5 Å². The van der Waals surface area contributed by atoms with E-state index in [1.807, 2.05) is 10.6 Å². The van der Waals surface area contributed by atoms with Crippen LogP contribution in [0.15, 0.2) is 18.5 Å². The summed E-state index contributed by atoms with van der Waals surface area (Å²) in [5.41, 5.74) is 3.41. The highest BCUT2D eigenvalue weighted by Crippen LogP contribution is 2.13. The second-order valence-corrected chi connectivity index (χ2v) is 4.08. The zero-order valence-corrected chi connectivity index (χ0v) is 10.2. The van der Waals surface area contributed by atoms with Gasteiger partial charge in [-0.1, -0.05) is 0 Å². The van der Waals surface area contributed by atoms with Crippen molar-refractivity contribution in [2.75, 3.05) is 6.54 Å². The van der Waals surface area contributed by atoms with Gasteiger partial charge in [-0.05, 0) is 18.5 Å². The van der Waals surface area contributed by atoms with E-state index in [1.165, 1.54) is 11.3 Å². The Morgan fingerprint density at radius 2 is 2.15 bits per heavy atom. The largest absolute Gasteiger partial charge is 0.490 e. The number of fused-ring (bicyclic) bond motifs is 2. The third-order valence-corrected chi connectivity index (χ3v) is 2.65. The summed E-state index contributed by atoms with van der Waals surface area (Å²) in [5.74, 6) is -2.76. The first-order chi connectivity index (χ1) is 9.38. The molecule has 0 unspecified atom stereocenters. The maximum Gasteiger partial charge on any atom is 0.490 e. The summed E-state index contributed by atoms with van der Waals surface area (Å²) < 4.78 is 33.6. The summed E-state index contributed by atoms with van der Waals surface area (Å²) >= 11 is 0. The minimum atomic E-state index is -5.08. The molecule has 0 saturated carbocycles. The van der Waals surface area contributed by atoms with Crippen LogP contribution in [0.4, 0.5) is 13.2 Å². The average Bonchev–Trinajstić information content (AvgIpc) is 2.82. The van der Waals surface area contributed by atoms with E-state index in [2.05, 4.69) is 21.6 Å². The average molecular weight is 288 g/mol. The van der Waals surface area contributed by atoms with Gasteiger partial charge in [0.05, 0.1) is 11.9 Å². The predicted molar refractivity (Wildman–Crippen MR) is 62.1 cm³/mol. The Labute approximate surface area is 111 Å². The molecule has 9 heteroatoms. The standard InChI is InChI=1S/C9H10N4.C2HF3O2/c1-3-10-5-8-7(1)6-13-9(12-8)2-4-11-13;3-2(4,5)1(6)7/h2,4,6,10H,1,3,5H2;(H,6,7). The van der Waals surface area contributed by atoms with Crippen molar-refractivity contribution in [3.05, 3.63) is 29.7 Å². The van der Waals surface area contributed by atoms with Gasteiger partial charge in [-0.3, -0.25) is 0 Å². The Kier molecular flexibility index (Phi) is 3.89. The van der Waals surface area contributed by atoms with E-state index in [-0.39, 0.29) is 0 Å². The summed E-state index contributed by atoms with van der Waals surface area (Å²) in [7, 11) is 0. The number of aliphatic carboxylic acids is 1. The van der Waals surface area contributed by atoms with E-state index in [0.717, 1.165) is 25.2 Å². The first-order valence-corrected chi connectivity index (χ1v) is 5.71. The molecule has 0 atom stereocenters. The van der Waals surface area contributed by atoms with E-state index in [1.54, 1.807) is 6.20 Å². The second-order valence-electron chi connectivity index (χ2n) is 4.08. The maximum absolute atomic E-state index is 10.6. The van der Waals surface area contributed by atoms with Gasteiger partial charge >= 0.3 is 12.1 Å². The number of nitrogens with one attached hydrogen (secondary N) is 1. The van der Waals surface area contributed by atoms with Crippen LogP contribution in [0, 0.1) is 0 Å². The Hall–Kier alpha value is -2.16. The SMILES string of the molecule is O=C(O)C(F)(F)F.c1cc2nc3c(cn2n1)CCNC3. The fourth-order valence-corrected chi connectivity index (χ4v) is 1.72. The molecule has 0 saturated heterocycles. The summed E-state index contributed by atoms with van der Waals surface area (Å²) in [5, 5.41) is 14.6. The van der Waals surface area contributed by atoms with Gasteiger partial charge in [-0.25, -0.2) is 14.3 Å². The third-order valence-electron chi connectivity index (χ3n) is 2.65. The van der Waals surface area contributed by atoms with Gasteiger partial charge < -0.3 is 10.4 Å². The summed E-state index contributed by atoms with van der Waals surface area (Å²) in [6.07, 6.45) is -0.169. The number of aromatic nitrogens is 3. The minimum absolute atomic E-state index is 0.886. The van der Waals surface area contributed by atoms with Crippen molar-refractivity contribution in [2.24, 2.45) is 0 Å². The van der Waals surface area contributed by atoms with E-state index in [4.69, 9.17) is 9.90 Å². The smallest absolute Gasteiger partial charge is 0.475 e. The van der Waals surface area contributed by atoms with Gasteiger partial charge in [0, 0.05) is 18.8 Å². The van der Waals surface area contributed by atoms with Gasteiger partial charge in [-0.15, -0.1) is 0 Å². The maximum atomic E-state index is 10.6. The highest BCUT2D eigenvalue weighted by Gasteiger charge is 2.38. The van der Waals surface area contributed by atoms with Gasteiger partial charge in [0.15, 0.2) is 5.65 Å². The molecular weight excluding hydrogens is 277 g/mol. The number of halogens is 3. The molecule has 0 amide bonds. The zero-order chi connectivity index (χ0) is 14.8. The predicted octanol–water partition coefficient (Wildman–Crippen LogP) is 1.01. The van der Waals surface area contributed by atoms with Crippen molar-refractivity contribution in [3.8, 4) is 0 Å². The molecule has 2 aromatic rings. The lowest BCUT2D eigenvalue weighted by atomic mass is 10.1. The Morgan fingerprint density at radius 3 is 2.80 bits per heavy atom. The van der Waals surface area contributed by atoms with Crippen LogP contribution < -0.4 is 5.32 Å². The van der Waals surface area contributed by atoms with Gasteiger partial charge in [0.25, 0.3) is 0 Å². The number of alkyl halides is 3. The number of nitrogens with zero attached hydrogens (tertiary/aromatic N) is 3. The molecule has 3 heterocycles. The summed E-state index contributed by atoms with van der Waals surface area (Å²) in [4.78, 5) is 13.4. The molecular formula is C11H11F3N4O2. The number of carboxylic acids is 1. The van der Waals surface area contributed by atoms with Crippen LogP contribution in [-0.4, -0.2) is 38.4 Å². The van der Waals surface area contributed by atoms with Crippen LogP contribution in [0.5, 0.6) is 0 Å². The quantitative estimate of drug-likeness (QED) is 0.756. The molecule has 2 N–H and O–H groups in total. The third kappa shape index (κ3) is 3.23. The zero-order valence-electron chi connectivity index (χ0n) is 10.2.